The van der Waals surface area contributed by atoms with Crippen molar-refractivity contribution in [1.29, 1.82) is 0 Å². The number of thiophene rings is 1. The van der Waals surface area contributed by atoms with E-state index in [0.29, 0.717) is 15.8 Å². The Balaban J connectivity index is 1.51. The third-order valence-corrected chi connectivity index (χ3v) is 6.98. The van der Waals surface area contributed by atoms with E-state index in [0.717, 1.165) is 16.6 Å². The Bertz CT molecular complexity index is 982. The Labute approximate surface area is 169 Å². The van der Waals surface area contributed by atoms with Gasteiger partial charge in [-0.05, 0) is 29.7 Å². The standard InChI is InChI=1S/C19H17ClN2O3S2/c20-16-7-11-6-15(22-19(11)27-16)18(25)21-14-5-10-3-1-2-4-12(10)13(14)8-26-9-17(23)24/h1-4,6-7,13-14,22H,5,8-9H2,(H,21,25)(H,23,24)/t13-,14-/m1/s1. The molecule has 3 N–H and O–H groups in total. The minimum Gasteiger partial charge on any atom is -0.481 e. The summed E-state index contributed by atoms with van der Waals surface area (Å²) in [6.45, 7) is 0. The topological polar surface area (TPSA) is 82.2 Å². The molecule has 5 nitrogen and oxygen atoms in total. The lowest BCUT2D eigenvalue weighted by Crippen LogP contribution is -2.38. The number of nitrogens with one attached hydrogen (secondary N) is 2. The van der Waals surface area contributed by atoms with Crippen molar-refractivity contribution in [2.45, 2.75) is 18.4 Å². The van der Waals surface area contributed by atoms with Crippen LogP contribution in [0.25, 0.3) is 10.2 Å². The van der Waals surface area contributed by atoms with Gasteiger partial charge in [-0.2, -0.15) is 0 Å². The predicted molar refractivity (Wildman–Crippen MR) is 110 cm³/mol. The first kappa shape index (κ1) is 18.4. The Morgan fingerprint density at radius 1 is 1.33 bits per heavy atom. The summed E-state index contributed by atoms with van der Waals surface area (Å²) in [6, 6.07) is 11.7. The number of rotatable bonds is 6. The van der Waals surface area contributed by atoms with Crippen LogP contribution in [-0.4, -0.2) is 39.5 Å². The molecule has 0 spiro atoms. The van der Waals surface area contributed by atoms with Crippen molar-refractivity contribution in [3.63, 3.8) is 0 Å². The van der Waals surface area contributed by atoms with Gasteiger partial charge in [0.05, 0.1) is 10.1 Å². The Morgan fingerprint density at radius 2 is 2.15 bits per heavy atom. The second kappa shape index (κ2) is 7.58. The molecule has 1 amide bonds. The molecular formula is C19H17ClN2O3S2. The van der Waals surface area contributed by atoms with Crippen molar-refractivity contribution in [2.24, 2.45) is 0 Å². The molecule has 2 heterocycles. The second-order valence-corrected chi connectivity index (χ2v) is 9.23. The van der Waals surface area contributed by atoms with Gasteiger partial charge in [0.15, 0.2) is 0 Å². The van der Waals surface area contributed by atoms with Crippen molar-refractivity contribution < 1.29 is 14.7 Å². The van der Waals surface area contributed by atoms with Crippen LogP contribution >= 0.6 is 34.7 Å². The number of hydrogen-bond acceptors (Lipinski definition) is 4. The van der Waals surface area contributed by atoms with Crippen LogP contribution in [0.15, 0.2) is 36.4 Å². The third kappa shape index (κ3) is 3.85. The quantitative estimate of drug-likeness (QED) is 0.559. The van der Waals surface area contributed by atoms with Gasteiger partial charge in [-0.15, -0.1) is 23.1 Å². The number of carboxylic acid groups (broad SMARTS) is 1. The summed E-state index contributed by atoms with van der Waals surface area (Å²) in [4.78, 5) is 27.6. The van der Waals surface area contributed by atoms with E-state index in [1.165, 1.54) is 34.2 Å². The van der Waals surface area contributed by atoms with Crippen LogP contribution in [0.5, 0.6) is 0 Å². The van der Waals surface area contributed by atoms with E-state index in [-0.39, 0.29) is 23.6 Å². The molecule has 1 aliphatic carbocycles. The maximum Gasteiger partial charge on any atom is 0.313 e. The molecule has 1 aliphatic rings. The van der Waals surface area contributed by atoms with E-state index in [1.807, 2.05) is 24.3 Å². The van der Waals surface area contributed by atoms with Gasteiger partial charge in [-0.1, -0.05) is 35.9 Å². The third-order valence-electron chi connectivity index (χ3n) is 4.74. The number of halogens is 1. The zero-order valence-electron chi connectivity index (χ0n) is 14.2. The summed E-state index contributed by atoms with van der Waals surface area (Å²) < 4.78 is 0.685. The van der Waals surface area contributed by atoms with Gasteiger partial charge < -0.3 is 15.4 Å². The average Bonchev–Trinajstić information content (AvgIpc) is 3.26. The summed E-state index contributed by atoms with van der Waals surface area (Å²) in [5.74, 6) is -0.158. The highest BCUT2D eigenvalue weighted by Gasteiger charge is 2.33. The van der Waals surface area contributed by atoms with E-state index in [9.17, 15) is 9.59 Å². The highest BCUT2D eigenvalue weighted by atomic mass is 35.5. The summed E-state index contributed by atoms with van der Waals surface area (Å²) in [5, 5.41) is 13.0. The summed E-state index contributed by atoms with van der Waals surface area (Å²) in [6.07, 6.45) is 0.751. The molecule has 140 valence electrons. The maximum absolute atomic E-state index is 12.8. The molecule has 0 aliphatic heterocycles. The lowest BCUT2D eigenvalue weighted by atomic mass is 10.0. The Hall–Kier alpha value is -1.96. The van der Waals surface area contributed by atoms with Gasteiger partial charge in [-0.25, -0.2) is 0 Å². The molecule has 4 rings (SSSR count). The minimum absolute atomic E-state index is 0.0545. The molecule has 0 bridgehead atoms. The number of carbonyl (C=O) groups is 2. The fourth-order valence-corrected chi connectivity index (χ4v) is 5.65. The minimum atomic E-state index is -0.822. The number of aromatic nitrogens is 1. The van der Waals surface area contributed by atoms with Crippen molar-refractivity contribution in [2.75, 3.05) is 11.5 Å². The van der Waals surface area contributed by atoms with Crippen LogP contribution in [0.1, 0.15) is 27.5 Å². The molecule has 0 saturated heterocycles. The number of amides is 1. The number of thioether (sulfide) groups is 1. The van der Waals surface area contributed by atoms with Crippen LogP contribution < -0.4 is 5.32 Å². The molecule has 2 atom stereocenters. The summed E-state index contributed by atoms with van der Waals surface area (Å²) in [5.41, 5.74) is 2.92. The lowest BCUT2D eigenvalue weighted by molar-refractivity contribution is -0.133. The average molecular weight is 421 g/mol. The number of aliphatic carboxylic acids is 1. The number of aromatic amines is 1. The normalized spacial score (nSPS) is 18.6. The SMILES string of the molecule is O=C(O)CSC[C@@H]1c2ccccc2C[C@H]1NC(=O)c1cc2cc(Cl)sc2[nH]1. The lowest BCUT2D eigenvalue weighted by Gasteiger charge is -2.21. The van der Waals surface area contributed by atoms with E-state index in [2.05, 4.69) is 22.4 Å². The predicted octanol–water partition coefficient (Wildman–Crippen LogP) is 4.14. The number of H-pyrrole nitrogens is 1. The Morgan fingerprint density at radius 3 is 2.93 bits per heavy atom. The van der Waals surface area contributed by atoms with Crippen molar-refractivity contribution in [3.8, 4) is 0 Å². The first-order valence-corrected chi connectivity index (χ1v) is 10.8. The molecule has 27 heavy (non-hydrogen) atoms. The fraction of sp³-hybridized carbons (Fsp3) is 0.263. The van der Waals surface area contributed by atoms with Crippen LogP contribution in [0.3, 0.4) is 0 Å². The molecule has 3 aromatic rings. The molecule has 2 aromatic heterocycles. The number of hydrogen-bond donors (Lipinski definition) is 3. The largest absolute Gasteiger partial charge is 0.481 e. The first-order valence-electron chi connectivity index (χ1n) is 8.47. The van der Waals surface area contributed by atoms with Gasteiger partial charge in [-0.3, -0.25) is 9.59 Å². The van der Waals surface area contributed by atoms with Crippen molar-refractivity contribution >= 4 is 56.8 Å². The number of carbonyl (C=O) groups excluding carboxylic acids is 1. The van der Waals surface area contributed by atoms with E-state index in [1.54, 1.807) is 0 Å². The van der Waals surface area contributed by atoms with Crippen LogP contribution in [0.2, 0.25) is 4.34 Å². The maximum atomic E-state index is 12.8. The van der Waals surface area contributed by atoms with E-state index < -0.39 is 5.97 Å². The van der Waals surface area contributed by atoms with Gasteiger partial charge in [0.2, 0.25) is 0 Å². The highest BCUT2D eigenvalue weighted by molar-refractivity contribution is 7.99. The molecule has 0 radical (unpaired) electrons. The van der Waals surface area contributed by atoms with Gasteiger partial charge in [0, 0.05) is 23.1 Å². The van der Waals surface area contributed by atoms with Crippen molar-refractivity contribution in [1.82, 2.24) is 10.3 Å². The zero-order valence-corrected chi connectivity index (χ0v) is 16.6. The molecule has 0 saturated carbocycles. The molecule has 1 aromatic carbocycles. The molecular weight excluding hydrogens is 404 g/mol. The van der Waals surface area contributed by atoms with Gasteiger partial charge in [0.1, 0.15) is 10.5 Å². The smallest absolute Gasteiger partial charge is 0.313 e. The number of fused-ring (bicyclic) bond motifs is 2. The second-order valence-electron chi connectivity index (χ2n) is 6.52. The summed E-state index contributed by atoms with van der Waals surface area (Å²) >= 11 is 8.78. The highest BCUT2D eigenvalue weighted by Crippen LogP contribution is 2.36. The van der Waals surface area contributed by atoms with Gasteiger partial charge >= 0.3 is 5.97 Å². The molecule has 0 unspecified atom stereocenters. The van der Waals surface area contributed by atoms with Crippen LogP contribution in [0, 0.1) is 0 Å². The van der Waals surface area contributed by atoms with Crippen molar-refractivity contribution in [3.05, 3.63) is 57.6 Å². The summed E-state index contributed by atoms with van der Waals surface area (Å²) in [7, 11) is 0. The van der Waals surface area contributed by atoms with E-state index in [4.69, 9.17) is 16.7 Å². The van der Waals surface area contributed by atoms with E-state index >= 15 is 0 Å². The van der Waals surface area contributed by atoms with Crippen LogP contribution in [-0.2, 0) is 11.2 Å². The zero-order chi connectivity index (χ0) is 19.0. The number of carboxylic acids is 1. The monoisotopic (exact) mass is 420 g/mol. The first-order chi connectivity index (χ1) is 13.0. The Kier molecular flexibility index (Phi) is 5.16. The fourth-order valence-electron chi connectivity index (χ4n) is 3.57. The molecule has 0 fully saturated rings. The molecule has 8 heteroatoms. The number of benzene rings is 1. The van der Waals surface area contributed by atoms with Gasteiger partial charge in [0.25, 0.3) is 5.91 Å². The van der Waals surface area contributed by atoms with Crippen LogP contribution in [0.4, 0.5) is 0 Å².